The molecule has 0 aliphatic carbocycles. The third-order valence-electron chi connectivity index (χ3n) is 7.93. The molecule has 1 saturated heterocycles. The summed E-state index contributed by atoms with van der Waals surface area (Å²) in [5.41, 5.74) is 0.613. The first-order valence-corrected chi connectivity index (χ1v) is 19.8. The van der Waals surface area contributed by atoms with E-state index in [1.165, 1.54) is 12.1 Å². The molecule has 1 aliphatic heterocycles. The Labute approximate surface area is 254 Å². The van der Waals surface area contributed by atoms with Crippen LogP contribution in [0.25, 0.3) is 10.9 Å². The Hall–Kier alpha value is -3.44. The molecule has 1 amide bonds. The lowest BCUT2D eigenvalue weighted by atomic mass is 9.98. The topological polar surface area (TPSA) is 147 Å². The Morgan fingerprint density at radius 3 is 2.51 bits per heavy atom. The summed E-state index contributed by atoms with van der Waals surface area (Å²) in [7, 11) is -5.61. The number of aromatic carboxylic acids is 1. The number of benzene rings is 1. The smallest absolute Gasteiger partial charge is 0.337 e. The normalized spacial score (nSPS) is 15.5. The summed E-state index contributed by atoms with van der Waals surface area (Å²) in [6.07, 6.45) is 5.16. The molecule has 0 spiro atoms. The lowest BCUT2D eigenvalue weighted by Crippen LogP contribution is -2.50. The van der Waals surface area contributed by atoms with Gasteiger partial charge in [-0.1, -0.05) is 26.6 Å². The molecule has 2 aromatic heterocycles. The minimum Gasteiger partial charge on any atom is -0.478 e. The molecular weight excluding hydrogens is 587 g/mol. The zero-order valence-corrected chi connectivity index (χ0v) is 27.1. The molecule has 13 heteroatoms. The number of carbonyl (C=O) groups excluding carboxylic acids is 1. The van der Waals surface area contributed by atoms with Crippen molar-refractivity contribution in [3.05, 3.63) is 54.0 Å². The van der Waals surface area contributed by atoms with Crippen LogP contribution in [-0.2, 0) is 32.8 Å². The van der Waals surface area contributed by atoms with E-state index in [-0.39, 0.29) is 47.0 Å². The van der Waals surface area contributed by atoms with E-state index >= 15 is 0 Å². The largest absolute Gasteiger partial charge is 0.478 e. The zero-order valence-electron chi connectivity index (χ0n) is 25.2. The number of nitriles is 1. The number of ether oxygens (including phenoxy) is 1. The van der Waals surface area contributed by atoms with Crippen molar-refractivity contribution in [2.45, 2.75) is 76.1 Å². The van der Waals surface area contributed by atoms with E-state index in [1.54, 1.807) is 44.6 Å². The summed E-state index contributed by atoms with van der Waals surface area (Å²) < 4.78 is 39.6. The zero-order chi connectivity index (χ0) is 31.4. The van der Waals surface area contributed by atoms with Gasteiger partial charge in [0.05, 0.1) is 16.0 Å². The van der Waals surface area contributed by atoms with Crippen molar-refractivity contribution in [3.63, 3.8) is 0 Å². The molecule has 4 rings (SSSR count). The molecule has 3 aromatic rings. The van der Waals surface area contributed by atoms with E-state index in [4.69, 9.17) is 4.74 Å². The van der Waals surface area contributed by atoms with Gasteiger partial charge in [0.25, 0.3) is 0 Å². The van der Waals surface area contributed by atoms with Crippen molar-refractivity contribution in [1.29, 1.82) is 5.26 Å². The number of carboxylic acids is 1. The van der Waals surface area contributed by atoms with Gasteiger partial charge in [-0.05, 0) is 61.6 Å². The molecule has 1 unspecified atom stereocenters. The number of rotatable bonds is 13. The summed E-state index contributed by atoms with van der Waals surface area (Å²) >= 11 is 0. The Balaban J connectivity index is 1.64. The highest BCUT2D eigenvalue weighted by Crippen LogP contribution is 2.29. The Morgan fingerprint density at radius 2 is 1.86 bits per heavy atom. The maximum absolute atomic E-state index is 13.9. The first-order chi connectivity index (χ1) is 20.3. The number of amides is 1. The number of aryl methyl sites for hydroxylation is 1. The number of likely N-dealkylation sites (tertiary alicyclic amines) is 1. The van der Waals surface area contributed by atoms with Crippen LogP contribution in [0.2, 0.25) is 25.7 Å². The number of hydrogen-bond acceptors (Lipinski definition) is 6. The van der Waals surface area contributed by atoms with E-state index in [2.05, 4.69) is 37.4 Å². The van der Waals surface area contributed by atoms with Gasteiger partial charge in [-0.15, -0.1) is 0 Å². The van der Waals surface area contributed by atoms with E-state index in [0.717, 1.165) is 18.9 Å². The lowest BCUT2D eigenvalue weighted by molar-refractivity contribution is -0.134. The van der Waals surface area contributed by atoms with Crippen LogP contribution in [0.4, 0.5) is 0 Å². The molecule has 1 aromatic carbocycles. The van der Waals surface area contributed by atoms with Gasteiger partial charge in [-0.3, -0.25) is 4.79 Å². The Kier molecular flexibility index (Phi) is 10.2. The third kappa shape index (κ3) is 7.94. The van der Waals surface area contributed by atoms with Gasteiger partial charge < -0.3 is 23.9 Å². The van der Waals surface area contributed by atoms with E-state index < -0.39 is 30.1 Å². The minimum absolute atomic E-state index is 0.0422. The molecule has 3 heterocycles. The predicted octanol–water partition coefficient (Wildman–Crippen LogP) is 4.32. The van der Waals surface area contributed by atoms with Crippen molar-refractivity contribution >= 4 is 40.9 Å². The van der Waals surface area contributed by atoms with E-state index in [0.29, 0.717) is 31.3 Å². The van der Waals surface area contributed by atoms with E-state index in [9.17, 15) is 28.4 Å². The van der Waals surface area contributed by atoms with Crippen molar-refractivity contribution in [2.24, 2.45) is 5.92 Å². The molecule has 1 fully saturated rings. The average molecular weight is 628 g/mol. The van der Waals surface area contributed by atoms with Gasteiger partial charge >= 0.3 is 5.97 Å². The van der Waals surface area contributed by atoms with Crippen molar-refractivity contribution in [1.82, 2.24) is 18.8 Å². The highest BCUT2D eigenvalue weighted by atomic mass is 32.2. The molecule has 2 N–H and O–H groups in total. The minimum atomic E-state index is -4.27. The van der Waals surface area contributed by atoms with Crippen molar-refractivity contribution in [3.8, 4) is 6.07 Å². The van der Waals surface area contributed by atoms with Crippen LogP contribution in [0, 0.1) is 17.2 Å². The van der Waals surface area contributed by atoms with Crippen LogP contribution in [0.15, 0.2) is 47.6 Å². The maximum atomic E-state index is 13.9. The fourth-order valence-corrected chi connectivity index (χ4v) is 7.44. The van der Waals surface area contributed by atoms with Crippen LogP contribution in [0.1, 0.15) is 42.2 Å². The van der Waals surface area contributed by atoms with Crippen molar-refractivity contribution < 1.29 is 27.9 Å². The Morgan fingerprint density at radius 1 is 1.14 bits per heavy atom. The van der Waals surface area contributed by atoms with Crippen LogP contribution < -0.4 is 4.72 Å². The number of hydrogen-bond donors (Lipinski definition) is 2. The maximum Gasteiger partial charge on any atom is 0.337 e. The number of nitrogens with one attached hydrogen (secondary N) is 1. The van der Waals surface area contributed by atoms with Crippen LogP contribution >= 0.6 is 0 Å². The first kappa shape index (κ1) is 32.5. The summed E-state index contributed by atoms with van der Waals surface area (Å²) in [6.45, 7) is 10.8. The average Bonchev–Trinajstić information content (AvgIpc) is 3.59. The second-order valence-corrected chi connectivity index (χ2v) is 19.8. The number of nitrogens with zero attached hydrogens (tertiary/aromatic N) is 4. The number of aromatic nitrogens is 2. The molecule has 1 aliphatic rings. The van der Waals surface area contributed by atoms with Gasteiger partial charge in [-0.2, -0.15) is 9.98 Å². The Bertz CT molecular complexity index is 1610. The van der Waals surface area contributed by atoms with Crippen molar-refractivity contribution in [2.75, 3.05) is 19.7 Å². The number of fused-ring (bicyclic) bond motifs is 1. The molecule has 11 nitrogen and oxygen atoms in total. The highest BCUT2D eigenvalue weighted by molar-refractivity contribution is 7.89. The number of sulfonamides is 1. The van der Waals surface area contributed by atoms with Crippen LogP contribution in [0.5, 0.6) is 0 Å². The summed E-state index contributed by atoms with van der Waals surface area (Å²) in [5, 5.41) is 19.5. The third-order valence-corrected chi connectivity index (χ3v) is 11.2. The first-order valence-electron chi connectivity index (χ1n) is 14.6. The van der Waals surface area contributed by atoms with Gasteiger partial charge in [0.2, 0.25) is 15.9 Å². The van der Waals surface area contributed by atoms with Gasteiger partial charge in [0.15, 0.2) is 0 Å². The standard InChI is InChI=1S/C30H41N5O6SSi/c1-22-9-14-34(15-10-22)29(36)26(12-17-33-13-5-6-23(33)20-31)32-42(39,40)27-8-7-25(30(37)38)28-24(27)11-16-35(28)21-41-18-19-43(2,3)4/h5-8,11,13,16,22,26,32H,9-10,12,14-15,17-19,21H2,1-4H3,(H,37,38). The SMILES string of the molecule is CC1CCN(C(=O)C(CCn2cccc2C#N)NS(=O)(=O)c2ccc(C(=O)O)c3c2ccn3COCC[Si](C)(C)C)CC1. The molecular formula is C30H41N5O6SSi. The molecule has 0 bridgehead atoms. The van der Waals surface area contributed by atoms with Crippen LogP contribution in [0.3, 0.4) is 0 Å². The molecule has 1 atom stereocenters. The second kappa shape index (κ2) is 13.5. The van der Waals surface area contributed by atoms with Gasteiger partial charge in [0.1, 0.15) is 24.5 Å². The van der Waals surface area contributed by atoms with Gasteiger partial charge in [0, 0.05) is 52.1 Å². The molecule has 43 heavy (non-hydrogen) atoms. The van der Waals surface area contributed by atoms with E-state index in [1.807, 2.05) is 0 Å². The monoisotopic (exact) mass is 627 g/mol. The molecule has 0 radical (unpaired) electrons. The molecule has 0 saturated carbocycles. The van der Waals surface area contributed by atoms with Gasteiger partial charge in [-0.25, -0.2) is 13.2 Å². The fraction of sp³-hybridized carbons (Fsp3) is 0.500. The summed E-state index contributed by atoms with van der Waals surface area (Å²) in [4.78, 5) is 27.4. The quantitative estimate of drug-likeness (QED) is 0.212. The predicted molar refractivity (Wildman–Crippen MR) is 166 cm³/mol. The highest BCUT2D eigenvalue weighted by Gasteiger charge is 2.32. The summed E-state index contributed by atoms with van der Waals surface area (Å²) in [6, 6.07) is 9.47. The number of piperidine rings is 1. The lowest BCUT2D eigenvalue weighted by Gasteiger charge is -2.33. The summed E-state index contributed by atoms with van der Waals surface area (Å²) in [5.74, 6) is -1.01. The number of carbonyl (C=O) groups is 2. The number of carboxylic acid groups (broad SMARTS) is 1. The van der Waals surface area contributed by atoms with Crippen LogP contribution in [-0.4, -0.2) is 73.2 Å². The second-order valence-electron chi connectivity index (χ2n) is 12.5. The molecule has 232 valence electrons. The fourth-order valence-electron chi connectivity index (χ4n) is 5.27.